The maximum Gasteiger partial charge on any atom is 0.319 e. The Hall–Kier alpha value is -2.04. The molecule has 4 fully saturated rings. The highest BCUT2D eigenvalue weighted by molar-refractivity contribution is 5.96. The lowest BCUT2D eigenvalue weighted by Gasteiger charge is -2.56. The minimum Gasteiger partial charge on any atom is -0.332 e. The van der Waals surface area contributed by atoms with Crippen molar-refractivity contribution in [3.63, 3.8) is 0 Å². The van der Waals surface area contributed by atoms with Gasteiger partial charge in [0.2, 0.25) is 5.91 Å². The Morgan fingerprint density at radius 2 is 1.73 bits per heavy atom. The van der Waals surface area contributed by atoms with Crippen LogP contribution >= 0.6 is 0 Å². The van der Waals surface area contributed by atoms with E-state index in [1.807, 2.05) is 18.2 Å². The van der Waals surface area contributed by atoms with Gasteiger partial charge in [-0.2, -0.15) is 0 Å². The third-order valence-corrected chi connectivity index (χ3v) is 7.04. The SMILES string of the molecule is CC(=O)N1CCc2ccc(NC(=O)NC34CC5CC(CC(C5)C3)C4)cc21. The van der Waals surface area contributed by atoms with Crippen molar-refractivity contribution >= 4 is 23.3 Å². The molecule has 0 atom stereocenters. The Kier molecular flexibility index (Phi) is 3.56. The second-order valence-electron chi connectivity index (χ2n) is 9.04. The number of nitrogens with one attached hydrogen (secondary N) is 2. The van der Waals surface area contributed by atoms with E-state index in [0.29, 0.717) is 0 Å². The summed E-state index contributed by atoms with van der Waals surface area (Å²) in [6, 6.07) is 5.81. The van der Waals surface area contributed by atoms with Gasteiger partial charge in [-0.15, -0.1) is 0 Å². The van der Waals surface area contributed by atoms with Crippen molar-refractivity contribution in [1.29, 1.82) is 0 Å². The first kappa shape index (κ1) is 16.2. The van der Waals surface area contributed by atoms with Crippen LogP contribution in [-0.4, -0.2) is 24.0 Å². The summed E-state index contributed by atoms with van der Waals surface area (Å²) in [4.78, 5) is 26.3. The van der Waals surface area contributed by atoms with Crippen molar-refractivity contribution in [1.82, 2.24) is 5.32 Å². The van der Waals surface area contributed by atoms with E-state index in [-0.39, 0.29) is 17.5 Å². The van der Waals surface area contributed by atoms with Crippen molar-refractivity contribution in [3.8, 4) is 0 Å². The number of fused-ring (bicyclic) bond motifs is 1. The lowest BCUT2D eigenvalue weighted by Crippen LogP contribution is -2.60. The van der Waals surface area contributed by atoms with E-state index in [2.05, 4.69) is 10.6 Å². The van der Waals surface area contributed by atoms with Gasteiger partial charge < -0.3 is 15.5 Å². The molecular formula is C21H27N3O2. The predicted octanol–water partition coefficient (Wildman–Crippen LogP) is 3.69. The van der Waals surface area contributed by atoms with Gasteiger partial charge in [-0.25, -0.2) is 4.79 Å². The van der Waals surface area contributed by atoms with Crippen molar-refractivity contribution in [2.45, 2.75) is 57.4 Å². The van der Waals surface area contributed by atoms with Gasteiger partial charge in [0.05, 0.1) is 0 Å². The van der Waals surface area contributed by atoms with Crippen molar-refractivity contribution in [2.24, 2.45) is 17.8 Å². The summed E-state index contributed by atoms with van der Waals surface area (Å²) in [5.74, 6) is 2.49. The van der Waals surface area contributed by atoms with Gasteiger partial charge in [-0.1, -0.05) is 6.07 Å². The Morgan fingerprint density at radius 3 is 2.35 bits per heavy atom. The van der Waals surface area contributed by atoms with E-state index in [1.54, 1.807) is 11.8 Å². The molecule has 1 aliphatic heterocycles. The van der Waals surface area contributed by atoms with Crippen molar-refractivity contribution < 1.29 is 9.59 Å². The lowest BCUT2D eigenvalue weighted by atomic mass is 9.53. The Morgan fingerprint density at radius 1 is 1.08 bits per heavy atom. The molecule has 0 aromatic heterocycles. The first-order valence-electron chi connectivity index (χ1n) is 10.00. The molecule has 1 aromatic carbocycles. The van der Waals surface area contributed by atoms with Gasteiger partial charge >= 0.3 is 6.03 Å². The highest BCUT2D eigenvalue weighted by atomic mass is 16.2. The normalized spacial score (nSPS) is 33.9. The molecule has 0 spiro atoms. The Bertz CT molecular complexity index is 737. The zero-order valence-electron chi connectivity index (χ0n) is 15.4. The van der Waals surface area contributed by atoms with Crippen LogP contribution in [0, 0.1) is 17.8 Å². The van der Waals surface area contributed by atoms with Gasteiger partial charge in [-0.05, 0) is 80.4 Å². The van der Waals surface area contributed by atoms with Gasteiger partial charge in [-0.3, -0.25) is 4.79 Å². The average molecular weight is 353 g/mol. The van der Waals surface area contributed by atoms with Gasteiger partial charge in [0, 0.05) is 30.4 Å². The number of carbonyl (C=O) groups is 2. The molecule has 26 heavy (non-hydrogen) atoms. The summed E-state index contributed by atoms with van der Waals surface area (Å²) >= 11 is 0. The van der Waals surface area contributed by atoms with E-state index in [0.717, 1.165) is 61.4 Å². The lowest BCUT2D eigenvalue weighted by molar-refractivity contribution is -0.116. The molecule has 5 aliphatic rings. The van der Waals surface area contributed by atoms with Crippen LogP contribution in [0.5, 0.6) is 0 Å². The number of hydrogen-bond acceptors (Lipinski definition) is 2. The zero-order chi connectivity index (χ0) is 17.9. The van der Waals surface area contributed by atoms with Crippen molar-refractivity contribution in [3.05, 3.63) is 23.8 Å². The molecule has 5 heteroatoms. The van der Waals surface area contributed by atoms with E-state index >= 15 is 0 Å². The number of benzene rings is 1. The predicted molar refractivity (Wildman–Crippen MR) is 101 cm³/mol. The largest absolute Gasteiger partial charge is 0.332 e. The number of nitrogens with zero attached hydrogens (tertiary/aromatic N) is 1. The topological polar surface area (TPSA) is 61.4 Å². The van der Waals surface area contributed by atoms with Crippen molar-refractivity contribution in [2.75, 3.05) is 16.8 Å². The third-order valence-electron chi connectivity index (χ3n) is 7.04. The fraction of sp³-hybridized carbons (Fsp3) is 0.619. The van der Waals surface area contributed by atoms with E-state index in [1.165, 1.54) is 24.8 Å². The highest BCUT2D eigenvalue weighted by Crippen LogP contribution is 2.55. The molecule has 4 saturated carbocycles. The highest BCUT2D eigenvalue weighted by Gasteiger charge is 2.51. The molecule has 3 amide bonds. The molecule has 1 heterocycles. The smallest absolute Gasteiger partial charge is 0.319 e. The van der Waals surface area contributed by atoms with Crippen LogP contribution in [0.15, 0.2) is 18.2 Å². The van der Waals surface area contributed by atoms with Crippen LogP contribution in [0.3, 0.4) is 0 Å². The quantitative estimate of drug-likeness (QED) is 0.852. The summed E-state index contributed by atoms with van der Waals surface area (Å²) in [5.41, 5.74) is 2.89. The fourth-order valence-electron chi connectivity index (χ4n) is 6.45. The molecule has 0 radical (unpaired) electrons. The van der Waals surface area contributed by atoms with Gasteiger partial charge in [0.25, 0.3) is 0 Å². The zero-order valence-corrected chi connectivity index (χ0v) is 15.4. The average Bonchev–Trinajstić information content (AvgIpc) is 2.96. The van der Waals surface area contributed by atoms with Crippen LogP contribution in [0.1, 0.15) is 51.0 Å². The number of carbonyl (C=O) groups excluding carboxylic acids is 2. The standard InChI is InChI=1S/C21H27N3O2/c1-13(25)24-5-4-17-2-3-18(9-19(17)24)22-20(26)23-21-10-14-6-15(11-21)8-16(7-14)12-21/h2-3,9,14-16H,4-8,10-12H2,1H3,(H2,22,23,26). The number of amides is 3. The molecule has 138 valence electrons. The van der Waals surface area contributed by atoms with Gasteiger partial charge in [0.1, 0.15) is 0 Å². The maximum atomic E-state index is 12.7. The molecule has 1 aromatic rings. The summed E-state index contributed by atoms with van der Waals surface area (Å²) in [7, 11) is 0. The molecule has 0 saturated heterocycles. The van der Waals surface area contributed by atoms with E-state index < -0.39 is 0 Å². The number of hydrogen-bond donors (Lipinski definition) is 2. The van der Waals surface area contributed by atoms with Crippen LogP contribution in [-0.2, 0) is 11.2 Å². The first-order chi connectivity index (χ1) is 12.5. The molecule has 5 nitrogen and oxygen atoms in total. The van der Waals surface area contributed by atoms with Crippen LogP contribution < -0.4 is 15.5 Å². The third kappa shape index (κ3) is 2.68. The number of urea groups is 1. The molecule has 2 N–H and O–H groups in total. The van der Waals surface area contributed by atoms with Gasteiger partial charge in [0.15, 0.2) is 0 Å². The summed E-state index contributed by atoms with van der Waals surface area (Å²) in [6.07, 6.45) is 8.43. The second-order valence-corrected chi connectivity index (χ2v) is 9.04. The summed E-state index contributed by atoms with van der Waals surface area (Å²) in [5, 5.41) is 6.36. The molecular weight excluding hydrogens is 326 g/mol. The van der Waals surface area contributed by atoms with E-state index in [4.69, 9.17) is 0 Å². The molecule has 0 unspecified atom stereocenters. The molecule has 6 rings (SSSR count). The molecule has 4 aliphatic carbocycles. The minimum absolute atomic E-state index is 0.0149. The van der Waals surface area contributed by atoms with Crippen LogP contribution in [0.25, 0.3) is 0 Å². The summed E-state index contributed by atoms with van der Waals surface area (Å²) < 4.78 is 0. The molecule has 4 bridgehead atoms. The Balaban J connectivity index is 1.29. The monoisotopic (exact) mass is 353 g/mol. The Labute approximate surface area is 154 Å². The first-order valence-corrected chi connectivity index (χ1v) is 10.00. The van der Waals surface area contributed by atoms with Crippen LogP contribution in [0.2, 0.25) is 0 Å². The number of rotatable bonds is 2. The summed E-state index contributed by atoms with van der Waals surface area (Å²) in [6.45, 7) is 2.32. The number of anilines is 2. The fourth-order valence-corrected chi connectivity index (χ4v) is 6.45. The minimum atomic E-state index is -0.0979. The maximum absolute atomic E-state index is 12.7. The van der Waals surface area contributed by atoms with Crippen LogP contribution in [0.4, 0.5) is 16.2 Å². The van der Waals surface area contributed by atoms with E-state index in [9.17, 15) is 9.59 Å². The second kappa shape index (κ2) is 5.73.